The molecule has 0 bridgehead atoms. The molecule has 37 heavy (non-hydrogen) atoms. The van der Waals surface area contributed by atoms with E-state index in [2.05, 4.69) is 56.2 Å². The Hall–Kier alpha value is -3.18. The number of aromatic nitrogens is 1. The number of thiophene rings is 1. The number of ether oxygens (including phenoxy) is 1. The Balaban J connectivity index is 1.22. The molecule has 1 fully saturated rings. The van der Waals surface area contributed by atoms with Gasteiger partial charge in [0, 0.05) is 23.4 Å². The third-order valence-electron chi connectivity index (χ3n) is 7.12. The van der Waals surface area contributed by atoms with E-state index in [1.54, 1.807) is 0 Å². The number of fused-ring (bicyclic) bond motifs is 1. The summed E-state index contributed by atoms with van der Waals surface area (Å²) in [5.41, 5.74) is 4.30. The number of aryl methyl sites for hydroxylation is 1. The van der Waals surface area contributed by atoms with Gasteiger partial charge in [0.1, 0.15) is 12.4 Å². The SMILES string of the molecule is [C-]#[N+]c1ccc(COc2ccc3c(CCC4CCN(Cc5ccccc5)CC4)noc3c2CN(C)C)s1. The monoisotopic (exact) mass is 514 g/mol. The number of hydrogen-bond donors (Lipinski definition) is 0. The Labute approximate surface area is 223 Å². The first-order valence-electron chi connectivity index (χ1n) is 13.0. The lowest BCUT2D eigenvalue weighted by Gasteiger charge is -2.31. The van der Waals surface area contributed by atoms with Gasteiger partial charge in [-0.1, -0.05) is 41.6 Å². The topological polar surface area (TPSA) is 46.1 Å². The molecule has 1 saturated heterocycles. The third-order valence-corrected chi connectivity index (χ3v) is 8.08. The minimum atomic E-state index is 0.441. The van der Waals surface area contributed by atoms with Crippen LogP contribution in [-0.2, 0) is 26.1 Å². The van der Waals surface area contributed by atoms with Gasteiger partial charge in [-0.25, -0.2) is 4.85 Å². The first-order chi connectivity index (χ1) is 18.1. The third kappa shape index (κ3) is 6.40. The predicted molar refractivity (Wildman–Crippen MR) is 149 cm³/mol. The van der Waals surface area contributed by atoms with E-state index in [1.165, 1.54) is 29.7 Å². The lowest BCUT2D eigenvalue weighted by Crippen LogP contribution is -2.33. The van der Waals surface area contributed by atoms with Crippen LogP contribution in [0.15, 0.2) is 59.1 Å². The van der Waals surface area contributed by atoms with Crippen LogP contribution in [0.3, 0.4) is 0 Å². The summed E-state index contributed by atoms with van der Waals surface area (Å²) in [5, 5.41) is 6.28. The van der Waals surface area contributed by atoms with E-state index in [1.807, 2.05) is 32.3 Å². The first kappa shape index (κ1) is 25.5. The molecule has 1 aliphatic rings. The zero-order valence-electron chi connectivity index (χ0n) is 21.7. The molecule has 0 unspecified atom stereocenters. The second-order valence-electron chi connectivity index (χ2n) is 10.2. The summed E-state index contributed by atoms with van der Waals surface area (Å²) in [4.78, 5) is 9.23. The zero-order chi connectivity index (χ0) is 25.6. The molecule has 0 amide bonds. The molecule has 0 atom stereocenters. The summed E-state index contributed by atoms with van der Waals surface area (Å²) >= 11 is 1.47. The maximum atomic E-state index is 7.17. The van der Waals surface area contributed by atoms with Gasteiger partial charge < -0.3 is 14.2 Å². The fourth-order valence-corrected chi connectivity index (χ4v) is 5.85. The molecule has 0 saturated carbocycles. The van der Waals surface area contributed by atoms with E-state index in [4.69, 9.17) is 15.8 Å². The molecule has 2 aromatic carbocycles. The Bertz CT molecular complexity index is 1350. The van der Waals surface area contributed by atoms with Crippen LogP contribution >= 0.6 is 11.3 Å². The van der Waals surface area contributed by atoms with Crippen LogP contribution in [0, 0.1) is 12.5 Å². The largest absolute Gasteiger partial charge is 0.488 e. The van der Waals surface area contributed by atoms with Crippen LogP contribution < -0.4 is 4.74 Å². The van der Waals surface area contributed by atoms with Crippen molar-refractivity contribution in [1.29, 1.82) is 0 Å². The molecule has 1 aliphatic heterocycles. The van der Waals surface area contributed by atoms with Crippen molar-refractivity contribution in [2.45, 2.75) is 45.4 Å². The van der Waals surface area contributed by atoms with Crippen LogP contribution in [0.2, 0.25) is 0 Å². The van der Waals surface area contributed by atoms with Crippen LogP contribution in [0.1, 0.15) is 41.0 Å². The van der Waals surface area contributed by atoms with E-state index in [0.717, 1.165) is 71.2 Å². The van der Waals surface area contributed by atoms with Crippen LogP contribution in [-0.4, -0.2) is 42.1 Å². The number of nitrogens with zero attached hydrogens (tertiary/aromatic N) is 4. The van der Waals surface area contributed by atoms with E-state index in [9.17, 15) is 0 Å². The summed E-state index contributed by atoms with van der Waals surface area (Å²) in [6.45, 7) is 11.7. The molecule has 6 nitrogen and oxygen atoms in total. The van der Waals surface area contributed by atoms with E-state index in [-0.39, 0.29) is 0 Å². The molecule has 5 rings (SSSR count). The maximum Gasteiger partial charge on any atom is 0.241 e. The second kappa shape index (κ2) is 11.9. The van der Waals surface area contributed by atoms with Crippen molar-refractivity contribution in [2.24, 2.45) is 5.92 Å². The van der Waals surface area contributed by atoms with Gasteiger partial charge in [0.15, 0.2) is 5.58 Å². The summed E-state index contributed by atoms with van der Waals surface area (Å²) in [7, 11) is 4.09. The number of benzene rings is 2. The standard InChI is InChI=1S/C30H34N4O2S/c1-31-29-14-10-24(37-29)21-35-28-13-11-25-27(32-36-30(25)26(28)20-33(2)3)12-9-22-15-17-34(18-16-22)19-23-7-5-4-6-8-23/h4-8,10-11,13-14,22H,9,12,15-21H2,2-3H3. The van der Waals surface area contributed by atoms with Crippen molar-refractivity contribution in [3.8, 4) is 5.75 Å². The molecule has 0 radical (unpaired) electrons. The van der Waals surface area contributed by atoms with E-state index in [0.29, 0.717) is 18.2 Å². The van der Waals surface area contributed by atoms with Gasteiger partial charge in [-0.05, 0) is 82.5 Å². The quantitative estimate of drug-likeness (QED) is 0.215. The fraction of sp³-hybridized carbons (Fsp3) is 0.400. The van der Waals surface area contributed by atoms with Gasteiger partial charge in [-0.2, -0.15) is 11.3 Å². The van der Waals surface area contributed by atoms with Crippen molar-refractivity contribution in [1.82, 2.24) is 15.0 Å². The lowest BCUT2D eigenvalue weighted by atomic mass is 9.91. The van der Waals surface area contributed by atoms with Crippen LogP contribution in [0.4, 0.5) is 5.00 Å². The van der Waals surface area contributed by atoms with Gasteiger partial charge >= 0.3 is 0 Å². The molecule has 0 N–H and O–H groups in total. The highest BCUT2D eigenvalue weighted by molar-refractivity contribution is 7.16. The summed E-state index contributed by atoms with van der Waals surface area (Å²) < 4.78 is 12.1. The van der Waals surface area contributed by atoms with Gasteiger partial charge in [0.25, 0.3) is 0 Å². The first-order valence-corrected chi connectivity index (χ1v) is 13.8. The number of likely N-dealkylation sites (tertiary alicyclic amines) is 1. The maximum absolute atomic E-state index is 7.17. The van der Waals surface area contributed by atoms with Gasteiger partial charge in [0.2, 0.25) is 5.00 Å². The second-order valence-corrected chi connectivity index (χ2v) is 11.3. The summed E-state index contributed by atoms with van der Waals surface area (Å²) in [5.74, 6) is 1.54. The molecule has 4 aromatic rings. The number of rotatable bonds is 10. The lowest BCUT2D eigenvalue weighted by molar-refractivity contribution is 0.172. The Kier molecular flexibility index (Phi) is 8.20. The molecule has 2 aromatic heterocycles. The molecule has 3 heterocycles. The predicted octanol–water partition coefficient (Wildman–Crippen LogP) is 6.93. The molecular formula is C30H34N4O2S. The van der Waals surface area contributed by atoms with Crippen molar-refractivity contribution in [2.75, 3.05) is 27.2 Å². The Morgan fingerprint density at radius 2 is 1.92 bits per heavy atom. The Morgan fingerprint density at radius 1 is 1.11 bits per heavy atom. The normalized spacial score (nSPS) is 14.9. The van der Waals surface area contributed by atoms with E-state index >= 15 is 0 Å². The molecule has 192 valence electrons. The van der Waals surface area contributed by atoms with Crippen molar-refractivity contribution < 1.29 is 9.26 Å². The highest BCUT2D eigenvalue weighted by atomic mass is 32.1. The van der Waals surface area contributed by atoms with Gasteiger partial charge in [-0.15, -0.1) is 0 Å². The minimum Gasteiger partial charge on any atom is -0.488 e. The van der Waals surface area contributed by atoms with Crippen LogP contribution in [0.25, 0.3) is 15.8 Å². The fourth-order valence-electron chi connectivity index (χ4n) is 5.14. The van der Waals surface area contributed by atoms with E-state index < -0.39 is 0 Å². The highest BCUT2D eigenvalue weighted by Crippen LogP contribution is 2.34. The molecular weight excluding hydrogens is 480 g/mol. The van der Waals surface area contributed by atoms with Crippen molar-refractivity contribution in [3.63, 3.8) is 0 Å². The number of piperidine rings is 1. The van der Waals surface area contributed by atoms with Gasteiger partial charge in [-0.3, -0.25) is 4.90 Å². The average molecular weight is 515 g/mol. The Morgan fingerprint density at radius 3 is 2.65 bits per heavy atom. The molecule has 7 heteroatoms. The molecule has 0 spiro atoms. The van der Waals surface area contributed by atoms with Crippen molar-refractivity contribution >= 4 is 27.3 Å². The molecule has 0 aliphatic carbocycles. The highest BCUT2D eigenvalue weighted by Gasteiger charge is 2.22. The van der Waals surface area contributed by atoms with Crippen LogP contribution in [0.5, 0.6) is 5.75 Å². The van der Waals surface area contributed by atoms with Gasteiger partial charge in [0.05, 0.1) is 17.8 Å². The zero-order valence-corrected chi connectivity index (χ0v) is 22.5. The minimum absolute atomic E-state index is 0.441. The summed E-state index contributed by atoms with van der Waals surface area (Å²) in [6.07, 6.45) is 4.56. The van der Waals surface area contributed by atoms with Crippen molar-refractivity contribution in [3.05, 3.63) is 87.7 Å². The summed E-state index contributed by atoms with van der Waals surface area (Å²) in [6, 6.07) is 18.7. The number of hydrogen-bond acceptors (Lipinski definition) is 6. The smallest absolute Gasteiger partial charge is 0.241 e. The average Bonchev–Trinajstić information content (AvgIpc) is 3.55.